The van der Waals surface area contributed by atoms with Crippen LogP contribution in [0, 0.1) is 5.92 Å². The van der Waals surface area contributed by atoms with Crippen LogP contribution < -0.4 is 10.6 Å². The second-order valence-corrected chi connectivity index (χ2v) is 3.61. The van der Waals surface area contributed by atoms with Gasteiger partial charge in [-0.05, 0) is 6.92 Å². The van der Waals surface area contributed by atoms with E-state index in [1.165, 1.54) is 0 Å². The molecule has 0 atom stereocenters. The van der Waals surface area contributed by atoms with Crippen molar-refractivity contribution in [3.63, 3.8) is 0 Å². The van der Waals surface area contributed by atoms with Crippen LogP contribution in [0.4, 0.5) is 0 Å². The molecule has 1 aliphatic heterocycles. The fourth-order valence-corrected chi connectivity index (χ4v) is 1.46. The van der Waals surface area contributed by atoms with Gasteiger partial charge in [-0.2, -0.15) is 0 Å². The van der Waals surface area contributed by atoms with E-state index in [0.29, 0.717) is 6.54 Å². The Morgan fingerprint density at radius 3 is 3.13 bits per heavy atom. The molecule has 15 heavy (non-hydrogen) atoms. The summed E-state index contributed by atoms with van der Waals surface area (Å²) in [7, 11) is 0. The predicted molar refractivity (Wildman–Crippen MR) is 53.9 cm³/mol. The zero-order valence-electron chi connectivity index (χ0n) is 8.73. The Kier molecular flexibility index (Phi) is 2.96. The molecule has 1 aliphatic rings. The van der Waals surface area contributed by atoms with Gasteiger partial charge in [0.1, 0.15) is 6.33 Å². The van der Waals surface area contributed by atoms with Gasteiger partial charge in [-0.25, -0.2) is 0 Å². The van der Waals surface area contributed by atoms with E-state index in [2.05, 4.69) is 20.8 Å². The maximum Gasteiger partial charge on any atom is 0.226 e. The van der Waals surface area contributed by atoms with Crippen molar-refractivity contribution in [3.05, 3.63) is 12.2 Å². The predicted octanol–water partition coefficient (Wildman–Crippen LogP) is -0.866. The summed E-state index contributed by atoms with van der Waals surface area (Å²) in [4.78, 5) is 11.5. The van der Waals surface area contributed by atoms with Crippen LogP contribution in [0.25, 0.3) is 0 Å². The second-order valence-electron chi connectivity index (χ2n) is 3.61. The molecule has 6 heteroatoms. The molecular formula is C9H15N5O. The maximum atomic E-state index is 11.5. The highest BCUT2D eigenvalue weighted by atomic mass is 16.2. The fraction of sp³-hybridized carbons (Fsp3) is 0.667. The van der Waals surface area contributed by atoms with Crippen molar-refractivity contribution in [2.24, 2.45) is 5.92 Å². The third kappa shape index (κ3) is 2.15. The number of nitrogens with zero attached hydrogens (tertiary/aromatic N) is 3. The van der Waals surface area contributed by atoms with Gasteiger partial charge >= 0.3 is 0 Å². The largest absolute Gasteiger partial charge is 0.348 e. The molecule has 2 rings (SSSR count). The normalized spacial score (nSPS) is 16.1. The highest BCUT2D eigenvalue weighted by molar-refractivity contribution is 5.79. The van der Waals surface area contributed by atoms with E-state index in [1.54, 1.807) is 6.33 Å². The van der Waals surface area contributed by atoms with Crippen LogP contribution in [-0.4, -0.2) is 33.8 Å². The minimum Gasteiger partial charge on any atom is -0.348 e. The Labute approximate surface area is 88.1 Å². The van der Waals surface area contributed by atoms with E-state index in [-0.39, 0.29) is 11.8 Å². The molecule has 0 saturated carbocycles. The maximum absolute atomic E-state index is 11.5. The first-order chi connectivity index (χ1) is 7.31. The van der Waals surface area contributed by atoms with Crippen molar-refractivity contribution >= 4 is 5.91 Å². The summed E-state index contributed by atoms with van der Waals surface area (Å²) in [5.74, 6) is 1.03. The van der Waals surface area contributed by atoms with Crippen molar-refractivity contribution < 1.29 is 4.79 Å². The number of aryl methyl sites for hydroxylation is 1. The van der Waals surface area contributed by atoms with Crippen LogP contribution in [0.5, 0.6) is 0 Å². The Morgan fingerprint density at radius 1 is 1.73 bits per heavy atom. The van der Waals surface area contributed by atoms with E-state index in [9.17, 15) is 4.79 Å². The average molecular weight is 209 g/mol. The molecule has 0 aliphatic carbocycles. The molecule has 82 valence electrons. The minimum absolute atomic E-state index is 0.0967. The summed E-state index contributed by atoms with van der Waals surface area (Å²) in [6.07, 6.45) is 1.67. The van der Waals surface area contributed by atoms with Gasteiger partial charge in [0.05, 0.1) is 12.5 Å². The molecular weight excluding hydrogens is 194 g/mol. The lowest BCUT2D eigenvalue weighted by Gasteiger charge is -2.25. The van der Waals surface area contributed by atoms with E-state index in [1.807, 2.05) is 11.5 Å². The van der Waals surface area contributed by atoms with Crippen molar-refractivity contribution in [2.75, 3.05) is 13.1 Å². The van der Waals surface area contributed by atoms with Crippen molar-refractivity contribution in [2.45, 2.75) is 20.0 Å². The number of carbonyl (C=O) groups is 1. The van der Waals surface area contributed by atoms with Crippen LogP contribution in [0.15, 0.2) is 6.33 Å². The van der Waals surface area contributed by atoms with Crippen LogP contribution in [0.3, 0.4) is 0 Å². The number of amides is 1. The summed E-state index contributed by atoms with van der Waals surface area (Å²) < 4.78 is 1.92. The van der Waals surface area contributed by atoms with Crippen molar-refractivity contribution in [1.82, 2.24) is 25.4 Å². The molecule has 1 amide bonds. The Balaban J connectivity index is 1.84. The van der Waals surface area contributed by atoms with Crippen LogP contribution in [0.1, 0.15) is 12.7 Å². The molecule has 1 saturated heterocycles. The van der Waals surface area contributed by atoms with Gasteiger partial charge in [-0.1, -0.05) is 0 Å². The van der Waals surface area contributed by atoms with Crippen LogP contribution in [0.2, 0.25) is 0 Å². The first kappa shape index (κ1) is 10.1. The van der Waals surface area contributed by atoms with Gasteiger partial charge in [0.25, 0.3) is 0 Å². The zero-order chi connectivity index (χ0) is 10.7. The Bertz CT molecular complexity index is 344. The molecule has 0 bridgehead atoms. The monoisotopic (exact) mass is 209 g/mol. The third-order valence-electron chi connectivity index (χ3n) is 2.61. The first-order valence-electron chi connectivity index (χ1n) is 5.16. The fourth-order valence-electron chi connectivity index (χ4n) is 1.46. The van der Waals surface area contributed by atoms with Gasteiger partial charge in [-0.15, -0.1) is 10.2 Å². The van der Waals surface area contributed by atoms with Gasteiger partial charge in [0.15, 0.2) is 5.82 Å². The number of nitrogens with one attached hydrogen (secondary N) is 2. The first-order valence-corrected chi connectivity index (χ1v) is 5.16. The summed E-state index contributed by atoms with van der Waals surface area (Å²) >= 11 is 0. The van der Waals surface area contributed by atoms with E-state index >= 15 is 0 Å². The second kappa shape index (κ2) is 4.39. The lowest BCUT2D eigenvalue weighted by Crippen LogP contribution is -2.50. The smallest absolute Gasteiger partial charge is 0.226 e. The lowest BCUT2D eigenvalue weighted by molar-refractivity contribution is -0.126. The lowest BCUT2D eigenvalue weighted by atomic mass is 10.0. The van der Waals surface area contributed by atoms with E-state index < -0.39 is 0 Å². The molecule has 2 heterocycles. The van der Waals surface area contributed by atoms with Gasteiger partial charge < -0.3 is 15.2 Å². The quantitative estimate of drug-likeness (QED) is 0.676. The topological polar surface area (TPSA) is 71.8 Å². The van der Waals surface area contributed by atoms with Crippen molar-refractivity contribution in [1.29, 1.82) is 0 Å². The van der Waals surface area contributed by atoms with Crippen molar-refractivity contribution in [3.8, 4) is 0 Å². The molecule has 1 aromatic rings. The molecule has 0 spiro atoms. The molecule has 1 fully saturated rings. The molecule has 2 N–H and O–H groups in total. The third-order valence-corrected chi connectivity index (χ3v) is 2.61. The standard InChI is InChI=1S/C9H15N5O/c1-2-14-6-12-13-8(14)5-11-9(15)7-3-10-4-7/h6-7,10H,2-5H2,1H3,(H,11,15). The number of hydrogen-bond donors (Lipinski definition) is 2. The molecule has 0 unspecified atom stereocenters. The van der Waals surface area contributed by atoms with Gasteiger partial charge in [-0.3, -0.25) is 4.79 Å². The van der Waals surface area contributed by atoms with Gasteiger partial charge in [0, 0.05) is 19.6 Å². The molecule has 0 radical (unpaired) electrons. The summed E-state index contributed by atoms with van der Waals surface area (Å²) in [5, 5.41) is 13.7. The number of rotatable bonds is 4. The average Bonchev–Trinajstić information content (AvgIpc) is 2.58. The number of carbonyl (C=O) groups excluding carboxylic acids is 1. The summed E-state index contributed by atoms with van der Waals surface area (Å²) in [6.45, 7) is 4.87. The SMILES string of the molecule is CCn1cnnc1CNC(=O)C1CNC1. The highest BCUT2D eigenvalue weighted by Gasteiger charge is 2.24. The molecule has 0 aromatic carbocycles. The minimum atomic E-state index is 0.0967. The van der Waals surface area contributed by atoms with E-state index in [0.717, 1.165) is 25.5 Å². The van der Waals surface area contributed by atoms with Crippen LogP contribution >= 0.6 is 0 Å². The molecule has 1 aromatic heterocycles. The number of aromatic nitrogens is 3. The van der Waals surface area contributed by atoms with Crippen LogP contribution in [-0.2, 0) is 17.9 Å². The van der Waals surface area contributed by atoms with E-state index in [4.69, 9.17) is 0 Å². The highest BCUT2D eigenvalue weighted by Crippen LogP contribution is 2.03. The number of hydrogen-bond acceptors (Lipinski definition) is 4. The van der Waals surface area contributed by atoms with Gasteiger partial charge in [0.2, 0.25) is 5.91 Å². The zero-order valence-corrected chi connectivity index (χ0v) is 8.73. The summed E-state index contributed by atoms with van der Waals surface area (Å²) in [5.41, 5.74) is 0. The Hall–Kier alpha value is -1.43. The Morgan fingerprint density at radius 2 is 2.53 bits per heavy atom. The summed E-state index contributed by atoms with van der Waals surface area (Å²) in [6, 6.07) is 0. The molecule has 6 nitrogen and oxygen atoms in total.